The molecular weight excluding hydrogens is 648 g/mol. The highest BCUT2D eigenvalue weighted by molar-refractivity contribution is 9.11. The second-order valence-electron chi connectivity index (χ2n) is 7.84. The molecule has 2 aliphatic carbocycles. The summed E-state index contributed by atoms with van der Waals surface area (Å²) in [6, 6.07) is 24.8. The number of Topliss-reactive ketones (excluding diaryl/α,β-unsaturated/α-hetero) is 1. The summed E-state index contributed by atoms with van der Waals surface area (Å²) in [6.45, 7) is 0. The number of hydrogen-bond acceptors (Lipinski definition) is 1. The molecule has 0 N–H and O–H groups in total. The average Bonchev–Trinajstić information content (AvgIpc) is 3.02. The number of ketones is 1. The van der Waals surface area contributed by atoms with Gasteiger partial charge in [-0.05, 0) is 87.5 Å². The lowest BCUT2D eigenvalue weighted by Gasteiger charge is -2.38. The summed E-state index contributed by atoms with van der Waals surface area (Å²) in [5.74, 6) is 0.102. The molecule has 0 saturated heterocycles. The highest BCUT2D eigenvalue weighted by atomic mass is 79.9. The van der Waals surface area contributed by atoms with Gasteiger partial charge in [0.1, 0.15) is 5.41 Å². The van der Waals surface area contributed by atoms with Gasteiger partial charge in [0.2, 0.25) is 0 Å². The molecule has 6 rings (SSSR count). The number of carbonyl (C=O) groups is 1. The number of fused-ring (bicyclic) bond motifs is 9. The van der Waals surface area contributed by atoms with E-state index < -0.39 is 5.41 Å². The number of hydrogen-bond donors (Lipinski definition) is 0. The first-order valence-corrected chi connectivity index (χ1v) is 12.8. The lowest BCUT2D eigenvalue weighted by atomic mass is 9.62. The van der Waals surface area contributed by atoms with E-state index in [1.807, 2.05) is 36.4 Å². The van der Waals surface area contributed by atoms with Gasteiger partial charge in [-0.1, -0.05) is 88.0 Å². The molecule has 0 unspecified atom stereocenters. The molecule has 4 aromatic rings. The van der Waals surface area contributed by atoms with Crippen LogP contribution in [-0.4, -0.2) is 5.78 Å². The topological polar surface area (TPSA) is 17.1 Å². The van der Waals surface area contributed by atoms with Crippen LogP contribution in [0.2, 0.25) is 0 Å². The molecule has 1 spiro atoms. The van der Waals surface area contributed by atoms with Crippen LogP contribution >= 0.6 is 63.7 Å². The van der Waals surface area contributed by atoms with Crippen LogP contribution in [0.3, 0.4) is 0 Å². The van der Waals surface area contributed by atoms with Gasteiger partial charge in [0.25, 0.3) is 0 Å². The summed E-state index contributed by atoms with van der Waals surface area (Å²) in [6.07, 6.45) is 0. The van der Waals surface area contributed by atoms with Crippen molar-refractivity contribution in [2.45, 2.75) is 5.41 Å². The molecule has 0 bridgehead atoms. The second-order valence-corrected chi connectivity index (χ2v) is 11.5. The molecule has 150 valence electrons. The van der Waals surface area contributed by atoms with Gasteiger partial charge in [-0.2, -0.15) is 0 Å². The summed E-state index contributed by atoms with van der Waals surface area (Å²) in [7, 11) is 0. The molecule has 0 radical (unpaired) electrons. The maximum Gasteiger partial charge on any atom is 0.182 e. The fraction of sp³-hybridized carbons (Fsp3) is 0.0385. The fourth-order valence-electron chi connectivity index (χ4n) is 5.13. The molecule has 31 heavy (non-hydrogen) atoms. The van der Waals surface area contributed by atoms with Gasteiger partial charge < -0.3 is 0 Å². The Labute approximate surface area is 213 Å². The first-order valence-electron chi connectivity index (χ1n) is 9.66. The van der Waals surface area contributed by atoms with Crippen molar-refractivity contribution in [2.24, 2.45) is 0 Å². The van der Waals surface area contributed by atoms with Gasteiger partial charge in [0, 0.05) is 23.5 Å². The van der Waals surface area contributed by atoms with Crippen LogP contribution < -0.4 is 0 Å². The minimum atomic E-state index is -0.912. The van der Waals surface area contributed by atoms with E-state index >= 15 is 0 Å². The molecule has 1 nitrogen and oxygen atoms in total. The Morgan fingerprint density at radius 2 is 0.806 bits per heavy atom. The van der Waals surface area contributed by atoms with Gasteiger partial charge >= 0.3 is 0 Å². The standard InChI is InChI=1S/C26H12Br4O/c27-13-1-5-17-18-6-2-14(28)10-22(18)26(25(31)21(17)9-13)23-11-15(29)3-7-19(23)20-8-4-16(30)12-24(20)26/h1-12H. The van der Waals surface area contributed by atoms with Crippen molar-refractivity contribution in [3.63, 3.8) is 0 Å². The smallest absolute Gasteiger partial charge is 0.182 e. The Kier molecular flexibility index (Phi) is 4.53. The van der Waals surface area contributed by atoms with E-state index in [0.717, 1.165) is 62.4 Å². The summed E-state index contributed by atoms with van der Waals surface area (Å²) in [4.78, 5) is 14.5. The van der Waals surface area contributed by atoms with Gasteiger partial charge in [-0.25, -0.2) is 0 Å². The molecular formula is C26H12Br4O. The number of halogens is 4. The Morgan fingerprint density at radius 1 is 0.452 bits per heavy atom. The van der Waals surface area contributed by atoms with Crippen molar-refractivity contribution in [2.75, 3.05) is 0 Å². The van der Waals surface area contributed by atoms with Crippen molar-refractivity contribution in [1.82, 2.24) is 0 Å². The first kappa shape index (κ1) is 20.1. The average molecular weight is 660 g/mol. The quantitative estimate of drug-likeness (QED) is 0.184. The van der Waals surface area contributed by atoms with E-state index in [1.54, 1.807) is 0 Å². The Balaban J connectivity index is 1.85. The van der Waals surface area contributed by atoms with Crippen molar-refractivity contribution in [3.8, 4) is 22.3 Å². The van der Waals surface area contributed by atoms with Gasteiger partial charge in [-0.15, -0.1) is 0 Å². The molecule has 2 aliphatic rings. The second kappa shape index (κ2) is 6.98. The van der Waals surface area contributed by atoms with E-state index in [2.05, 4.69) is 100 Å². The summed E-state index contributed by atoms with van der Waals surface area (Å²) < 4.78 is 3.78. The molecule has 4 aromatic carbocycles. The molecule has 0 heterocycles. The highest BCUT2D eigenvalue weighted by Gasteiger charge is 2.54. The third-order valence-electron chi connectivity index (χ3n) is 6.30. The van der Waals surface area contributed by atoms with Crippen molar-refractivity contribution < 1.29 is 4.79 Å². The maximum absolute atomic E-state index is 14.5. The zero-order valence-electron chi connectivity index (χ0n) is 15.8. The van der Waals surface area contributed by atoms with Crippen molar-refractivity contribution in [3.05, 3.63) is 113 Å². The number of benzene rings is 4. The zero-order chi connectivity index (χ0) is 21.5. The maximum atomic E-state index is 14.5. The van der Waals surface area contributed by atoms with Crippen LogP contribution in [0, 0.1) is 0 Å². The molecule has 0 atom stereocenters. The lowest BCUT2D eigenvalue weighted by Crippen LogP contribution is -2.40. The third kappa shape index (κ3) is 2.67. The molecule has 5 heteroatoms. The van der Waals surface area contributed by atoms with E-state index in [4.69, 9.17) is 0 Å². The van der Waals surface area contributed by atoms with Gasteiger partial charge in [-0.3, -0.25) is 4.79 Å². The SMILES string of the molecule is O=C1c2cc(Br)ccc2-c2ccc(Br)cc2C12c1cc(Br)ccc1-c1ccc(Br)cc12. The summed E-state index contributed by atoms with van der Waals surface area (Å²) in [5.41, 5.74) is 7.14. The minimum Gasteiger partial charge on any atom is -0.292 e. The van der Waals surface area contributed by atoms with Gasteiger partial charge in [0.15, 0.2) is 5.78 Å². The minimum absolute atomic E-state index is 0.102. The monoisotopic (exact) mass is 656 g/mol. The third-order valence-corrected chi connectivity index (χ3v) is 8.28. The Morgan fingerprint density at radius 3 is 1.26 bits per heavy atom. The van der Waals surface area contributed by atoms with Crippen molar-refractivity contribution >= 4 is 69.5 Å². The Bertz CT molecular complexity index is 1400. The van der Waals surface area contributed by atoms with Gasteiger partial charge in [0.05, 0.1) is 0 Å². The normalized spacial score (nSPS) is 14.8. The van der Waals surface area contributed by atoms with Crippen molar-refractivity contribution in [1.29, 1.82) is 0 Å². The Hall–Kier alpha value is -1.53. The summed E-state index contributed by atoms with van der Waals surface area (Å²) >= 11 is 14.6. The van der Waals surface area contributed by atoms with E-state index in [-0.39, 0.29) is 5.78 Å². The van der Waals surface area contributed by atoms with Crippen LogP contribution in [0.25, 0.3) is 22.3 Å². The highest BCUT2D eigenvalue weighted by Crippen LogP contribution is 2.59. The van der Waals surface area contributed by atoms with Crippen LogP contribution in [0.4, 0.5) is 0 Å². The lowest BCUT2D eigenvalue weighted by molar-refractivity contribution is 0.0935. The largest absolute Gasteiger partial charge is 0.292 e. The molecule has 0 aliphatic heterocycles. The van der Waals surface area contributed by atoms with Crippen LogP contribution in [-0.2, 0) is 5.41 Å². The number of carbonyl (C=O) groups excluding carboxylic acids is 1. The molecule has 0 aromatic heterocycles. The summed E-state index contributed by atoms with van der Waals surface area (Å²) in [5, 5.41) is 0. The van der Waals surface area contributed by atoms with E-state index in [0.29, 0.717) is 0 Å². The predicted octanol–water partition coefficient (Wildman–Crippen LogP) is 8.91. The van der Waals surface area contributed by atoms with Crippen LogP contribution in [0.15, 0.2) is 90.7 Å². The van der Waals surface area contributed by atoms with E-state index in [9.17, 15) is 4.79 Å². The molecule has 0 amide bonds. The predicted molar refractivity (Wildman–Crippen MR) is 139 cm³/mol. The zero-order valence-corrected chi connectivity index (χ0v) is 22.2. The van der Waals surface area contributed by atoms with Crippen LogP contribution in [0.5, 0.6) is 0 Å². The molecule has 0 fully saturated rings. The number of rotatable bonds is 0. The fourth-order valence-corrected chi connectivity index (χ4v) is 6.57. The van der Waals surface area contributed by atoms with Crippen LogP contribution in [0.1, 0.15) is 27.0 Å². The molecule has 0 saturated carbocycles. The first-order chi connectivity index (χ1) is 14.9. The van der Waals surface area contributed by atoms with E-state index in [1.165, 1.54) is 0 Å².